The van der Waals surface area contributed by atoms with Gasteiger partial charge in [-0.25, -0.2) is 4.79 Å². The molecule has 3 rings (SSSR count). The van der Waals surface area contributed by atoms with E-state index in [0.717, 1.165) is 5.56 Å². The molecular formula is C19H17LiO4. The van der Waals surface area contributed by atoms with Crippen LogP contribution in [0.1, 0.15) is 31.8 Å². The molecule has 0 saturated heterocycles. The van der Waals surface area contributed by atoms with E-state index in [4.69, 9.17) is 4.42 Å². The molecule has 0 aliphatic rings. The van der Waals surface area contributed by atoms with Gasteiger partial charge in [-0.15, -0.1) is 0 Å². The van der Waals surface area contributed by atoms with Gasteiger partial charge >= 0.3 is 24.5 Å². The summed E-state index contributed by atoms with van der Waals surface area (Å²) in [4.78, 5) is 24.1. The van der Waals surface area contributed by atoms with E-state index in [1.807, 2.05) is 30.3 Å². The van der Waals surface area contributed by atoms with E-state index in [0.29, 0.717) is 11.0 Å². The molecule has 5 heteroatoms. The van der Waals surface area contributed by atoms with Crippen molar-refractivity contribution in [3.63, 3.8) is 0 Å². The number of rotatable bonds is 4. The average Bonchev–Trinajstić information content (AvgIpc) is 2.54. The molecule has 0 aliphatic carbocycles. The summed E-state index contributed by atoms with van der Waals surface area (Å²) < 4.78 is 5.33. The average molecular weight is 316 g/mol. The molecule has 1 N–H and O–H groups in total. The summed E-state index contributed by atoms with van der Waals surface area (Å²) in [6.07, 6.45) is 0.126. The van der Waals surface area contributed by atoms with Crippen LogP contribution >= 0.6 is 0 Å². The molecule has 4 nitrogen and oxygen atoms in total. The number of benzene rings is 2. The molecule has 0 aliphatic heterocycles. The van der Waals surface area contributed by atoms with E-state index < -0.39 is 11.5 Å². The largest absolute Gasteiger partial charge is 1.00 e. The Balaban J connectivity index is 0.00000156. The van der Waals surface area contributed by atoms with Gasteiger partial charge in [0.15, 0.2) is 0 Å². The molecule has 2 aromatic carbocycles. The maximum atomic E-state index is 12.4. The Morgan fingerprint density at radius 3 is 2.42 bits per heavy atom. The molecular weight excluding hydrogens is 299 g/mol. The molecule has 1 aromatic heterocycles. The van der Waals surface area contributed by atoms with E-state index >= 15 is 0 Å². The van der Waals surface area contributed by atoms with Gasteiger partial charge in [0.2, 0.25) is 0 Å². The maximum absolute atomic E-state index is 12.4. The predicted molar refractivity (Wildman–Crippen MR) is 88.8 cm³/mol. The number of para-hydroxylation sites is 1. The van der Waals surface area contributed by atoms with Crippen molar-refractivity contribution in [1.29, 1.82) is 0 Å². The van der Waals surface area contributed by atoms with E-state index in [2.05, 4.69) is 0 Å². The monoisotopic (exact) mass is 316 g/mol. The van der Waals surface area contributed by atoms with Gasteiger partial charge in [0.25, 0.3) is 0 Å². The zero-order valence-corrected chi connectivity index (χ0v) is 13.7. The zero-order valence-electron chi connectivity index (χ0n) is 14.7. The molecule has 0 amide bonds. The van der Waals surface area contributed by atoms with Crippen molar-refractivity contribution in [1.82, 2.24) is 0 Å². The van der Waals surface area contributed by atoms with Gasteiger partial charge in [-0.3, -0.25) is 4.79 Å². The molecule has 118 valence electrons. The first-order valence-corrected chi connectivity index (χ1v) is 7.37. The summed E-state index contributed by atoms with van der Waals surface area (Å²) in [6.45, 7) is 1.47. The SMILES string of the molecule is CC(=O)CC(c1ccccc1)c1c(O)c2ccccc2oc1=O.[H-].[Li+]. The molecule has 0 spiro atoms. The molecule has 0 radical (unpaired) electrons. The van der Waals surface area contributed by atoms with Crippen molar-refractivity contribution in [2.75, 3.05) is 0 Å². The third kappa shape index (κ3) is 3.45. The van der Waals surface area contributed by atoms with E-state index in [-0.39, 0.29) is 43.8 Å². The third-order valence-electron chi connectivity index (χ3n) is 3.86. The summed E-state index contributed by atoms with van der Waals surface area (Å²) >= 11 is 0. The molecule has 1 heterocycles. The molecule has 3 aromatic rings. The van der Waals surface area contributed by atoms with Crippen molar-refractivity contribution >= 4 is 16.8 Å². The Morgan fingerprint density at radius 1 is 1.12 bits per heavy atom. The van der Waals surface area contributed by atoms with Crippen LogP contribution < -0.4 is 24.5 Å². The van der Waals surface area contributed by atoms with Gasteiger partial charge in [-0.05, 0) is 24.6 Å². The number of ketones is 1. The van der Waals surface area contributed by atoms with Gasteiger partial charge in [0, 0.05) is 12.3 Å². The van der Waals surface area contributed by atoms with Crippen LogP contribution in [0.2, 0.25) is 0 Å². The molecule has 1 unspecified atom stereocenters. The van der Waals surface area contributed by atoms with Crippen molar-refractivity contribution in [3.05, 3.63) is 76.1 Å². The minimum atomic E-state index is -0.615. The van der Waals surface area contributed by atoms with Crippen molar-refractivity contribution in [2.24, 2.45) is 0 Å². The fraction of sp³-hybridized carbons (Fsp3) is 0.158. The zero-order chi connectivity index (χ0) is 16.4. The fourth-order valence-electron chi connectivity index (χ4n) is 2.81. The first kappa shape index (κ1) is 18.1. The van der Waals surface area contributed by atoms with Crippen LogP contribution in [0.5, 0.6) is 5.75 Å². The van der Waals surface area contributed by atoms with Crippen molar-refractivity contribution < 1.29 is 34.6 Å². The maximum Gasteiger partial charge on any atom is 1.00 e. The molecule has 1 atom stereocenters. The van der Waals surface area contributed by atoms with Crippen molar-refractivity contribution in [3.8, 4) is 5.75 Å². The summed E-state index contributed by atoms with van der Waals surface area (Å²) in [5, 5.41) is 11.1. The van der Waals surface area contributed by atoms with Crippen LogP contribution in [0.3, 0.4) is 0 Å². The smallest absolute Gasteiger partial charge is 1.00 e. The molecule has 0 bridgehead atoms. The quantitative estimate of drug-likeness (QED) is 0.569. The van der Waals surface area contributed by atoms with Gasteiger partial charge in [0.05, 0.1) is 10.9 Å². The second kappa shape index (κ2) is 7.52. The second-order valence-electron chi connectivity index (χ2n) is 5.52. The molecule has 24 heavy (non-hydrogen) atoms. The van der Waals surface area contributed by atoms with Crippen LogP contribution in [0.4, 0.5) is 0 Å². The second-order valence-corrected chi connectivity index (χ2v) is 5.52. The van der Waals surface area contributed by atoms with E-state index in [9.17, 15) is 14.7 Å². The van der Waals surface area contributed by atoms with Gasteiger partial charge < -0.3 is 11.0 Å². The normalized spacial score (nSPS) is 11.7. The number of carbonyl (C=O) groups is 1. The molecule has 0 fully saturated rings. The molecule has 0 saturated carbocycles. The van der Waals surface area contributed by atoms with Crippen molar-refractivity contribution in [2.45, 2.75) is 19.3 Å². The standard InChI is InChI=1S/C19H16O4.Li.H/c1-12(20)11-15(13-7-3-2-4-8-13)17-18(21)14-9-5-6-10-16(14)23-19(17)22;;/h2-10,15,21H,11H2,1H3;;/q;+1;-1. The van der Waals surface area contributed by atoms with Gasteiger partial charge in [0.1, 0.15) is 17.1 Å². The van der Waals surface area contributed by atoms with Crippen LogP contribution in [0.25, 0.3) is 11.0 Å². The first-order valence-electron chi connectivity index (χ1n) is 7.37. The number of hydrogen-bond donors (Lipinski definition) is 1. The summed E-state index contributed by atoms with van der Waals surface area (Å²) in [5.41, 5.74) is 0.635. The van der Waals surface area contributed by atoms with E-state index in [1.54, 1.807) is 24.3 Å². The minimum Gasteiger partial charge on any atom is -1.00 e. The van der Waals surface area contributed by atoms with Gasteiger partial charge in [-0.2, -0.15) is 0 Å². The Hall–Kier alpha value is -2.28. The fourth-order valence-corrected chi connectivity index (χ4v) is 2.81. The Labute approximate surface area is 152 Å². The van der Waals surface area contributed by atoms with Crippen LogP contribution in [0.15, 0.2) is 63.8 Å². The number of fused-ring (bicyclic) bond motifs is 1. The summed E-state index contributed by atoms with van der Waals surface area (Å²) in [6, 6.07) is 16.0. The van der Waals surface area contributed by atoms with Gasteiger partial charge in [-0.1, -0.05) is 42.5 Å². The Morgan fingerprint density at radius 2 is 1.75 bits per heavy atom. The predicted octanol–water partition coefficient (Wildman–Crippen LogP) is 0.726. The van der Waals surface area contributed by atoms with Crippen LogP contribution in [-0.2, 0) is 4.79 Å². The number of Topliss-reactive ketones (excluding diaryl/α,β-unsaturated/α-hetero) is 1. The van der Waals surface area contributed by atoms with Crippen LogP contribution in [-0.4, -0.2) is 10.9 Å². The first-order chi connectivity index (χ1) is 11.1. The minimum absolute atomic E-state index is 0. The number of hydrogen-bond acceptors (Lipinski definition) is 4. The summed E-state index contributed by atoms with van der Waals surface area (Å²) in [5.74, 6) is -0.715. The third-order valence-corrected chi connectivity index (χ3v) is 3.86. The van der Waals surface area contributed by atoms with E-state index in [1.165, 1.54) is 6.92 Å². The topological polar surface area (TPSA) is 67.5 Å². The summed E-state index contributed by atoms with van der Waals surface area (Å²) in [7, 11) is 0. The Kier molecular flexibility index (Phi) is 5.66. The number of aromatic hydroxyl groups is 1. The Bertz CT molecular complexity index is 922. The van der Waals surface area contributed by atoms with Crippen LogP contribution in [0, 0.1) is 0 Å². The number of carbonyl (C=O) groups excluding carboxylic acids is 1.